The van der Waals surface area contributed by atoms with Crippen LogP contribution in [0, 0.1) is 18.3 Å². The first-order valence-electron chi connectivity index (χ1n) is 14.6. The summed E-state index contributed by atoms with van der Waals surface area (Å²) in [5.41, 5.74) is 5.33. The minimum Gasteiger partial charge on any atom is -0.396 e. The molecule has 1 aromatic carbocycles. The molecule has 0 aliphatic carbocycles. The van der Waals surface area contributed by atoms with Crippen molar-refractivity contribution in [2.45, 2.75) is 94.9 Å². The first kappa shape index (κ1) is 37.8. The molecule has 226 valence electrons. The zero-order valence-electron chi connectivity index (χ0n) is 27.1. The fourth-order valence-corrected chi connectivity index (χ4v) is 4.46. The topological polar surface area (TPSA) is 81.9 Å². The lowest BCUT2D eigenvalue weighted by Gasteiger charge is -2.16. The largest absolute Gasteiger partial charge is 0.396 e. The van der Waals surface area contributed by atoms with E-state index in [-0.39, 0.29) is 12.5 Å². The Balaban J connectivity index is 0.00000299. The summed E-state index contributed by atoms with van der Waals surface area (Å²) in [5.74, 6) is 3.87. The second-order valence-electron chi connectivity index (χ2n) is 9.68. The Bertz CT molecular complexity index is 1190. The molecule has 2 rings (SSSR count). The molecule has 6 nitrogen and oxygen atoms in total. The molecule has 0 fully saturated rings. The summed E-state index contributed by atoms with van der Waals surface area (Å²) >= 11 is 1.72. The number of hydrogen-bond donors (Lipinski definition) is 3. The Morgan fingerprint density at radius 2 is 1.76 bits per heavy atom. The average Bonchev–Trinajstić information content (AvgIpc) is 3.36. The molecule has 0 bridgehead atoms. The Hall–Kier alpha value is -3.21. The number of aliphatic imine (C=N–C) groups is 2. The van der Waals surface area contributed by atoms with Gasteiger partial charge in [-0.3, -0.25) is 0 Å². The highest BCUT2D eigenvalue weighted by atomic mass is 32.1. The highest BCUT2D eigenvalue weighted by molar-refractivity contribution is 7.18. The molecule has 0 radical (unpaired) electrons. The highest BCUT2D eigenvalue weighted by Gasteiger charge is 2.11. The van der Waals surface area contributed by atoms with E-state index < -0.39 is 0 Å². The van der Waals surface area contributed by atoms with Gasteiger partial charge in [0, 0.05) is 31.0 Å². The van der Waals surface area contributed by atoms with Crippen LogP contribution in [0.3, 0.4) is 0 Å². The van der Waals surface area contributed by atoms with E-state index in [2.05, 4.69) is 79.9 Å². The maximum absolute atomic E-state index is 9.60. The molecule has 0 spiro atoms. The molecule has 0 aliphatic rings. The fraction of sp³-hybridized carbons (Fsp3) is 0.500. The number of hydrogen-bond acceptors (Lipinski definition) is 5. The van der Waals surface area contributed by atoms with Gasteiger partial charge in [0.2, 0.25) is 5.96 Å². The maximum Gasteiger partial charge on any atom is 0.228 e. The predicted octanol–water partition coefficient (Wildman–Crippen LogP) is 8.42. The van der Waals surface area contributed by atoms with Gasteiger partial charge in [-0.25, -0.2) is 9.98 Å². The van der Waals surface area contributed by atoms with Crippen molar-refractivity contribution in [2.75, 3.05) is 13.2 Å². The first-order chi connectivity index (χ1) is 19.7. The van der Waals surface area contributed by atoms with Crippen molar-refractivity contribution in [3.05, 3.63) is 64.1 Å². The van der Waals surface area contributed by atoms with E-state index >= 15 is 0 Å². The van der Waals surface area contributed by atoms with Gasteiger partial charge in [-0.15, -0.1) is 23.7 Å². The third kappa shape index (κ3) is 16.0. The molecule has 1 unspecified atom stereocenters. The Labute approximate surface area is 253 Å². The number of aliphatic hydroxyl groups is 1. The number of rotatable bonds is 12. The third-order valence-electron chi connectivity index (χ3n) is 5.87. The van der Waals surface area contributed by atoms with Gasteiger partial charge in [0.05, 0.1) is 15.2 Å². The van der Waals surface area contributed by atoms with Crippen molar-refractivity contribution < 1.29 is 5.11 Å². The van der Waals surface area contributed by atoms with Crippen LogP contribution >= 0.6 is 11.3 Å². The standard InChI is InChI=1S/C29H43N5OS.C3H4.C2H6/c1-8-21(5)14-15-23(7)32-29(31-20(3)4)34-28(30-17-16-24(9-2)19-35)22(6)18-27-33-25-12-10-11-13-26(25)36-27;1-3-2;1-2/h10-15,24,30,35H,8-9,16-19H2,1-7H3,(H,32,34);1H,2H3;1-2H3/b21-14+,23-15+,28-22+;;. The summed E-state index contributed by atoms with van der Waals surface area (Å²) < 4.78 is 1.19. The van der Waals surface area contributed by atoms with Gasteiger partial charge in [0.25, 0.3) is 0 Å². The van der Waals surface area contributed by atoms with Gasteiger partial charge in [0.1, 0.15) is 5.82 Å². The van der Waals surface area contributed by atoms with Crippen LogP contribution in [0.1, 0.15) is 93.5 Å². The summed E-state index contributed by atoms with van der Waals surface area (Å²) in [6.45, 7) is 21.0. The number of nitrogens with one attached hydrogen (secondary N) is 2. The molecule has 0 aliphatic heterocycles. The number of para-hydroxylation sites is 1. The SMILES string of the molecule is C#CC.CC.CC/C(C)=C/C=C(\C)N/C(N=C(C)C)=N/C(NCCC(CC)CO)=C(\C)Cc1nc2ccccc2s1. The molecule has 7 heteroatoms. The van der Waals surface area contributed by atoms with Crippen LogP contribution in [0.5, 0.6) is 0 Å². The number of terminal acetylenes is 1. The number of thiazole rings is 1. The molecule has 0 saturated carbocycles. The second kappa shape index (κ2) is 22.5. The molecule has 0 amide bonds. The normalized spacial score (nSPS) is 13.1. The molecule has 1 atom stereocenters. The monoisotopic (exact) mass is 579 g/mol. The number of allylic oxidation sites excluding steroid dienone is 5. The van der Waals surface area contributed by atoms with Crippen LogP contribution in [0.4, 0.5) is 0 Å². The van der Waals surface area contributed by atoms with Crippen LogP contribution in [0.15, 0.2) is 69.1 Å². The number of fused-ring (bicyclic) bond motifs is 1. The zero-order chi connectivity index (χ0) is 31.2. The zero-order valence-corrected chi connectivity index (χ0v) is 27.9. The maximum atomic E-state index is 9.60. The van der Waals surface area contributed by atoms with Crippen molar-refractivity contribution >= 4 is 33.2 Å². The van der Waals surface area contributed by atoms with Crippen molar-refractivity contribution in [3.8, 4) is 12.3 Å². The van der Waals surface area contributed by atoms with E-state index in [0.717, 1.165) is 59.1 Å². The minimum atomic E-state index is 0.200. The fourth-order valence-electron chi connectivity index (χ4n) is 3.41. The Kier molecular flexibility index (Phi) is 20.7. The number of guanidine groups is 1. The smallest absolute Gasteiger partial charge is 0.228 e. The lowest BCUT2D eigenvalue weighted by molar-refractivity contribution is 0.215. The van der Waals surface area contributed by atoms with Crippen molar-refractivity contribution in [1.82, 2.24) is 15.6 Å². The van der Waals surface area contributed by atoms with Crippen LogP contribution in [0.2, 0.25) is 0 Å². The first-order valence-corrected chi connectivity index (χ1v) is 15.5. The van der Waals surface area contributed by atoms with Crippen LogP contribution in [-0.4, -0.2) is 34.9 Å². The molecule has 3 N–H and O–H groups in total. The van der Waals surface area contributed by atoms with Gasteiger partial charge in [-0.2, -0.15) is 4.99 Å². The summed E-state index contributed by atoms with van der Waals surface area (Å²) in [5, 5.41) is 17.6. The molecule has 0 saturated heterocycles. The van der Waals surface area contributed by atoms with Crippen LogP contribution < -0.4 is 10.6 Å². The molecule has 41 heavy (non-hydrogen) atoms. The molecule has 1 heterocycles. The van der Waals surface area contributed by atoms with Crippen molar-refractivity contribution in [3.63, 3.8) is 0 Å². The van der Waals surface area contributed by atoms with E-state index in [1.165, 1.54) is 10.3 Å². The number of aliphatic hydroxyl groups excluding tert-OH is 1. The van der Waals surface area contributed by atoms with E-state index in [9.17, 15) is 5.11 Å². The van der Waals surface area contributed by atoms with Crippen LogP contribution in [-0.2, 0) is 6.42 Å². The summed E-state index contributed by atoms with van der Waals surface area (Å²) in [4.78, 5) is 14.4. The van der Waals surface area contributed by atoms with Crippen molar-refractivity contribution in [1.29, 1.82) is 0 Å². The molecular weight excluding hydrogens is 526 g/mol. The van der Waals surface area contributed by atoms with E-state index in [4.69, 9.17) is 9.98 Å². The minimum absolute atomic E-state index is 0.200. The van der Waals surface area contributed by atoms with Gasteiger partial charge in [0.15, 0.2) is 0 Å². The number of aromatic nitrogens is 1. The Morgan fingerprint density at radius 1 is 1.10 bits per heavy atom. The van der Waals surface area contributed by atoms with Gasteiger partial charge in [-0.1, -0.05) is 57.9 Å². The summed E-state index contributed by atoms with van der Waals surface area (Å²) in [7, 11) is 0. The van der Waals surface area contributed by atoms with E-state index in [1.54, 1.807) is 18.3 Å². The summed E-state index contributed by atoms with van der Waals surface area (Å²) in [6, 6.07) is 8.23. The lowest BCUT2D eigenvalue weighted by Crippen LogP contribution is -2.25. The number of nitrogens with zero attached hydrogens (tertiary/aromatic N) is 3. The average molecular weight is 580 g/mol. The van der Waals surface area contributed by atoms with E-state index in [1.807, 2.05) is 46.8 Å². The molecule has 1 aromatic heterocycles. The summed E-state index contributed by atoms with van der Waals surface area (Å²) in [6.07, 6.45) is 12.3. The number of benzene rings is 1. The van der Waals surface area contributed by atoms with E-state index in [0.29, 0.717) is 12.4 Å². The highest BCUT2D eigenvalue weighted by Crippen LogP contribution is 2.24. The van der Waals surface area contributed by atoms with Crippen LogP contribution in [0.25, 0.3) is 10.2 Å². The predicted molar refractivity (Wildman–Crippen MR) is 183 cm³/mol. The van der Waals surface area contributed by atoms with Crippen molar-refractivity contribution in [2.24, 2.45) is 15.9 Å². The Morgan fingerprint density at radius 3 is 2.32 bits per heavy atom. The third-order valence-corrected chi connectivity index (χ3v) is 6.91. The molecule has 2 aromatic rings. The van der Waals surface area contributed by atoms with Gasteiger partial charge in [-0.05, 0) is 84.1 Å². The second-order valence-corrected chi connectivity index (χ2v) is 10.8. The molecular formula is C34H53N5OS. The van der Waals surface area contributed by atoms with Gasteiger partial charge >= 0.3 is 0 Å². The lowest BCUT2D eigenvalue weighted by atomic mass is 10.0. The quantitative estimate of drug-likeness (QED) is 0.102. The van der Waals surface area contributed by atoms with Gasteiger partial charge < -0.3 is 15.7 Å².